The molecule has 2 aromatic heterocycles. The smallest absolute Gasteiger partial charge is 0.416 e. The van der Waals surface area contributed by atoms with Gasteiger partial charge in [0.25, 0.3) is 0 Å². The number of hydrogen-bond acceptors (Lipinski definition) is 11. The highest BCUT2D eigenvalue weighted by Gasteiger charge is 2.41. The van der Waals surface area contributed by atoms with Crippen LogP contribution in [0.4, 0.5) is 24.8 Å². The first kappa shape index (κ1) is 58.8. The molecule has 424 valence electrons. The molecule has 0 saturated carbocycles. The number of likely N-dealkylation sites (tertiary alicyclic amines) is 2. The topological polar surface area (TPSA) is 163 Å². The van der Waals surface area contributed by atoms with E-state index < -0.39 is 11.7 Å². The molecule has 10 rings (SSSR count). The summed E-state index contributed by atoms with van der Waals surface area (Å²) in [7, 11) is 0. The van der Waals surface area contributed by atoms with Crippen LogP contribution < -0.4 is 19.3 Å². The van der Waals surface area contributed by atoms with Gasteiger partial charge < -0.3 is 29.1 Å². The van der Waals surface area contributed by atoms with Crippen LogP contribution >= 0.6 is 23.2 Å². The lowest BCUT2D eigenvalue weighted by Gasteiger charge is -2.43. The fraction of sp³-hybridized carbons (Fsp3) is 0.391. The van der Waals surface area contributed by atoms with Crippen molar-refractivity contribution in [2.24, 2.45) is 23.7 Å². The molecular formula is C64H64Cl2F3N9O4. The standard InChI is InChI=1S/C32H32ClF3N4O2.C32H32ClN5O2/c1-21(42-27-9-5-25(6-10-27)32(34,35)36)28-14-17-40(20-29(28)23-3-7-26(33)8-4-23)31(41)24-12-15-39(16-13-24)30-11-2-22(18-37)19-38-30;1-22(40-28-9-2-23(18-34)3-10-28)29-14-17-38(21-30(29)25-5-7-27(33)8-6-25)32(39)26-12-15-37(16-13-26)31-11-4-24(19-35)20-36-31/h2-11,19,21,24,28-29H,12-17,20H2,1H3;2-11,20,22,26,29-30H,12-17,21H2,1H3/t21-,28+,29+;22-,29+,30+/m00/s1. The van der Waals surface area contributed by atoms with Crippen molar-refractivity contribution in [3.8, 4) is 29.7 Å². The summed E-state index contributed by atoms with van der Waals surface area (Å²) in [6, 6.07) is 41.1. The summed E-state index contributed by atoms with van der Waals surface area (Å²) in [5.41, 5.74) is 3.15. The van der Waals surface area contributed by atoms with Gasteiger partial charge in [-0.3, -0.25) is 9.59 Å². The molecule has 4 saturated heterocycles. The van der Waals surface area contributed by atoms with Gasteiger partial charge in [-0.15, -0.1) is 0 Å². The third-order valence-corrected chi connectivity index (χ3v) is 17.2. The molecule has 0 unspecified atom stereocenters. The zero-order chi connectivity index (χ0) is 57.9. The maximum atomic E-state index is 13.7. The second-order valence-electron chi connectivity index (χ2n) is 21.7. The lowest BCUT2D eigenvalue weighted by molar-refractivity contribution is -0.139. The number of carbonyl (C=O) groups is 2. The number of amides is 2. The maximum Gasteiger partial charge on any atom is 0.416 e. The number of hydrogen-bond donors (Lipinski definition) is 0. The quantitative estimate of drug-likeness (QED) is 0.115. The van der Waals surface area contributed by atoms with E-state index >= 15 is 0 Å². The van der Waals surface area contributed by atoms with Gasteiger partial charge in [-0.25, -0.2) is 9.97 Å². The molecule has 4 aliphatic heterocycles. The van der Waals surface area contributed by atoms with E-state index in [0.717, 1.165) is 85.8 Å². The number of piperidine rings is 4. The van der Waals surface area contributed by atoms with Crippen LogP contribution in [0.5, 0.6) is 11.5 Å². The van der Waals surface area contributed by atoms with E-state index in [1.165, 1.54) is 12.1 Å². The molecule has 6 atom stereocenters. The number of aromatic nitrogens is 2. The zero-order valence-corrected chi connectivity index (χ0v) is 47.3. The van der Waals surface area contributed by atoms with Crippen molar-refractivity contribution >= 4 is 46.7 Å². The van der Waals surface area contributed by atoms with Crippen LogP contribution in [0.15, 0.2) is 134 Å². The summed E-state index contributed by atoms with van der Waals surface area (Å²) < 4.78 is 51.5. The van der Waals surface area contributed by atoms with E-state index in [0.29, 0.717) is 78.2 Å². The van der Waals surface area contributed by atoms with Gasteiger partial charge in [-0.2, -0.15) is 29.0 Å². The number of anilines is 2. The Bertz CT molecular complexity index is 3230. The summed E-state index contributed by atoms with van der Waals surface area (Å²) in [5.74, 6) is 3.42. The zero-order valence-electron chi connectivity index (χ0n) is 45.8. The van der Waals surface area contributed by atoms with Crippen molar-refractivity contribution < 1.29 is 32.2 Å². The van der Waals surface area contributed by atoms with E-state index in [1.807, 2.05) is 77.4 Å². The summed E-state index contributed by atoms with van der Waals surface area (Å²) in [6.07, 6.45) is 2.94. The minimum absolute atomic E-state index is 0.00984. The predicted octanol–water partition coefficient (Wildman–Crippen LogP) is 12.7. The third-order valence-electron chi connectivity index (χ3n) is 16.7. The van der Waals surface area contributed by atoms with Gasteiger partial charge in [-0.1, -0.05) is 47.5 Å². The number of pyridine rings is 2. The Balaban J connectivity index is 0.000000198. The number of benzene rings is 4. The molecule has 2 amide bonds. The number of alkyl halides is 3. The molecule has 4 aromatic carbocycles. The number of nitriles is 3. The number of nitrogens with zero attached hydrogens (tertiary/aromatic N) is 9. The first-order chi connectivity index (χ1) is 39.6. The monoisotopic (exact) mass is 1150 g/mol. The number of rotatable bonds is 12. The summed E-state index contributed by atoms with van der Waals surface area (Å²) >= 11 is 12.4. The molecule has 6 aromatic rings. The summed E-state index contributed by atoms with van der Waals surface area (Å²) in [4.78, 5) is 44.6. The highest BCUT2D eigenvalue weighted by molar-refractivity contribution is 6.30. The van der Waals surface area contributed by atoms with Gasteiger partial charge in [0.2, 0.25) is 11.8 Å². The average molecular weight is 1150 g/mol. The highest BCUT2D eigenvalue weighted by Crippen LogP contribution is 2.41. The Morgan fingerprint density at radius 1 is 0.524 bits per heavy atom. The van der Waals surface area contributed by atoms with E-state index in [2.05, 4.69) is 57.0 Å². The van der Waals surface area contributed by atoms with Gasteiger partial charge in [0.05, 0.1) is 40.5 Å². The van der Waals surface area contributed by atoms with Gasteiger partial charge in [0, 0.05) is 110 Å². The lowest BCUT2D eigenvalue weighted by atomic mass is 9.77. The molecule has 0 spiro atoms. The van der Waals surface area contributed by atoms with E-state index in [1.54, 1.807) is 36.7 Å². The summed E-state index contributed by atoms with van der Waals surface area (Å²) in [5, 5.41) is 28.4. The molecule has 0 aliphatic carbocycles. The van der Waals surface area contributed by atoms with Crippen molar-refractivity contribution in [3.05, 3.63) is 177 Å². The number of ether oxygens (including phenoxy) is 2. The second-order valence-corrected chi connectivity index (χ2v) is 22.5. The molecule has 18 heteroatoms. The summed E-state index contributed by atoms with van der Waals surface area (Å²) in [6.45, 7) is 9.45. The second kappa shape index (κ2) is 26.8. The SMILES string of the molecule is C[C@H](Oc1ccc(C#N)cc1)[C@H]1CCN(C(=O)C2CCN(c3ccc(C#N)cn3)CC2)C[C@@H]1c1ccc(Cl)cc1.C[C@H](Oc1ccc(C(F)(F)F)cc1)[C@H]1CCN(C(=O)C2CCN(c3ccc(C#N)cn3)CC2)C[C@@H]1c1ccc(Cl)cc1. The van der Waals surface area contributed by atoms with Crippen LogP contribution in [0.25, 0.3) is 0 Å². The molecule has 4 fully saturated rings. The Hall–Kier alpha value is -7.84. The first-order valence-corrected chi connectivity index (χ1v) is 28.6. The molecule has 4 aliphatic rings. The van der Waals surface area contributed by atoms with E-state index in [4.69, 9.17) is 48.5 Å². The Labute approximate surface area is 487 Å². The molecule has 82 heavy (non-hydrogen) atoms. The van der Waals surface area contributed by atoms with Crippen molar-refractivity contribution in [1.82, 2.24) is 19.8 Å². The molecule has 13 nitrogen and oxygen atoms in total. The van der Waals surface area contributed by atoms with Crippen LogP contribution in [0.3, 0.4) is 0 Å². The van der Waals surface area contributed by atoms with Crippen molar-refractivity contribution in [2.75, 3.05) is 62.2 Å². The Morgan fingerprint density at radius 2 is 0.890 bits per heavy atom. The van der Waals surface area contributed by atoms with Gasteiger partial charge >= 0.3 is 6.18 Å². The van der Waals surface area contributed by atoms with Crippen LogP contribution in [0, 0.1) is 57.7 Å². The predicted molar refractivity (Wildman–Crippen MR) is 308 cm³/mol. The molecule has 0 radical (unpaired) electrons. The van der Waals surface area contributed by atoms with Crippen LogP contribution in [0.1, 0.15) is 97.6 Å². The average Bonchev–Trinajstić information content (AvgIpc) is 3.53. The van der Waals surface area contributed by atoms with Crippen molar-refractivity contribution in [1.29, 1.82) is 15.8 Å². The normalized spacial score (nSPS) is 20.4. The highest BCUT2D eigenvalue weighted by atomic mass is 35.5. The van der Waals surface area contributed by atoms with E-state index in [-0.39, 0.29) is 59.5 Å². The molecule has 6 heterocycles. The Kier molecular flexibility index (Phi) is 19.2. The first-order valence-electron chi connectivity index (χ1n) is 27.9. The minimum atomic E-state index is -4.40. The molecule has 0 bridgehead atoms. The fourth-order valence-electron chi connectivity index (χ4n) is 12.0. The van der Waals surface area contributed by atoms with Gasteiger partial charge in [-0.05, 0) is 161 Å². The maximum absolute atomic E-state index is 13.7. The van der Waals surface area contributed by atoms with Crippen molar-refractivity contribution in [3.63, 3.8) is 0 Å². The van der Waals surface area contributed by atoms with Gasteiger partial charge in [0.15, 0.2) is 0 Å². The number of halogens is 5. The lowest BCUT2D eigenvalue weighted by Crippen LogP contribution is -2.49. The van der Waals surface area contributed by atoms with Gasteiger partial charge in [0.1, 0.15) is 35.3 Å². The largest absolute Gasteiger partial charge is 0.490 e. The fourth-order valence-corrected chi connectivity index (χ4v) is 12.3. The van der Waals surface area contributed by atoms with E-state index in [9.17, 15) is 22.8 Å². The number of carbonyl (C=O) groups excluding carboxylic acids is 2. The van der Waals surface area contributed by atoms with Crippen LogP contribution in [-0.2, 0) is 15.8 Å². The van der Waals surface area contributed by atoms with Crippen molar-refractivity contribution in [2.45, 2.75) is 82.6 Å². The minimum Gasteiger partial charge on any atom is -0.490 e. The molecule has 0 N–H and O–H groups in total. The molecular weight excluding hydrogens is 1090 g/mol. The van der Waals surface area contributed by atoms with Crippen LogP contribution in [-0.4, -0.2) is 96.1 Å². The van der Waals surface area contributed by atoms with Crippen LogP contribution in [0.2, 0.25) is 10.0 Å². The third kappa shape index (κ3) is 14.6. The Morgan fingerprint density at radius 3 is 1.23 bits per heavy atom.